The molecule has 4 rings (SSSR count). The van der Waals surface area contributed by atoms with Crippen molar-refractivity contribution in [1.82, 2.24) is 4.98 Å². The van der Waals surface area contributed by atoms with Gasteiger partial charge in [-0.2, -0.15) is 0 Å². The number of pyridine rings is 1. The summed E-state index contributed by atoms with van der Waals surface area (Å²) in [4.78, 5) is 4.65. The third-order valence-electron chi connectivity index (χ3n) is 5.08. The summed E-state index contributed by atoms with van der Waals surface area (Å²) < 4.78 is 27.0. The zero-order valence-electron chi connectivity index (χ0n) is 15.5. The van der Waals surface area contributed by atoms with E-state index in [1.165, 1.54) is 26.5 Å². The van der Waals surface area contributed by atoms with Crippen molar-refractivity contribution in [3.8, 4) is 0 Å². The van der Waals surface area contributed by atoms with Crippen molar-refractivity contribution in [1.29, 1.82) is 0 Å². The summed E-state index contributed by atoms with van der Waals surface area (Å²) in [7, 11) is -3.30. The van der Waals surface area contributed by atoms with Gasteiger partial charge >= 0.3 is 0 Å². The molecule has 0 saturated heterocycles. The smallest absolute Gasteiger partial charge is 0.229 e. The van der Waals surface area contributed by atoms with E-state index in [2.05, 4.69) is 62.6 Å². The van der Waals surface area contributed by atoms with Crippen LogP contribution in [0, 0.1) is 3.57 Å². The standard InChI is InChI=1S/C22H21IN2O2S/c1-28(26,27)25-18-5-2-4-15(12-18)13-21-19-9-8-17(23)14-16(19)7-10-22-20(21)6-3-11-24-22/h2-6,8-9,11-12,14,21,25H,7,10,13H2,1H3. The van der Waals surface area contributed by atoms with Crippen LogP contribution < -0.4 is 4.72 Å². The van der Waals surface area contributed by atoms with Gasteiger partial charge in [0.05, 0.1) is 6.26 Å². The van der Waals surface area contributed by atoms with Crippen molar-refractivity contribution in [3.05, 3.63) is 92.3 Å². The number of aromatic nitrogens is 1. The highest BCUT2D eigenvalue weighted by Crippen LogP contribution is 2.36. The maximum atomic E-state index is 11.6. The minimum Gasteiger partial charge on any atom is -0.284 e. The van der Waals surface area contributed by atoms with Gasteiger partial charge in [-0.3, -0.25) is 9.71 Å². The van der Waals surface area contributed by atoms with Crippen molar-refractivity contribution < 1.29 is 8.42 Å². The lowest BCUT2D eigenvalue weighted by atomic mass is 9.84. The highest BCUT2D eigenvalue weighted by Gasteiger charge is 2.24. The molecule has 1 aromatic heterocycles. The Morgan fingerprint density at radius 2 is 1.93 bits per heavy atom. The van der Waals surface area contributed by atoms with Crippen LogP contribution in [0.25, 0.3) is 0 Å². The number of hydrogen-bond donors (Lipinski definition) is 1. The Morgan fingerprint density at radius 3 is 2.75 bits per heavy atom. The summed E-state index contributed by atoms with van der Waals surface area (Å²) in [6, 6.07) is 18.5. The number of fused-ring (bicyclic) bond motifs is 2. The molecule has 1 heterocycles. The fraction of sp³-hybridized carbons (Fsp3) is 0.227. The number of rotatable bonds is 4. The summed E-state index contributed by atoms with van der Waals surface area (Å²) in [6.45, 7) is 0. The van der Waals surface area contributed by atoms with Crippen LogP contribution in [-0.4, -0.2) is 19.7 Å². The predicted molar refractivity (Wildman–Crippen MR) is 121 cm³/mol. The van der Waals surface area contributed by atoms with E-state index in [4.69, 9.17) is 0 Å². The quantitative estimate of drug-likeness (QED) is 0.532. The van der Waals surface area contributed by atoms with Crippen molar-refractivity contribution in [3.63, 3.8) is 0 Å². The number of hydrogen-bond acceptors (Lipinski definition) is 3. The Labute approximate surface area is 179 Å². The first kappa shape index (κ1) is 19.4. The second kappa shape index (κ2) is 7.83. The van der Waals surface area contributed by atoms with Crippen molar-refractivity contribution in [2.24, 2.45) is 0 Å². The highest BCUT2D eigenvalue weighted by molar-refractivity contribution is 14.1. The molecule has 1 unspecified atom stereocenters. The number of benzene rings is 2. The molecule has 0 bridgehead atoms. The summed E-state index contributed by atoms with van der Waals surface area (Å²) in [5.74, 6) is 0.201. The molecular weight excluding hydrogens is 483 g/mol. The van der Waals surface area contributed by atoms with E-state index in [1.807, 2.05) is 24.4 Å². The molecule has 3 aromatic rings. The number of anilines is 1. The fourth-order valence-corrected chi connectivity index (χ4v) is 5.07. The zero-order valence-corrected chi connectivity index (χ0v) is 18.5. The minimum absolute atomic E-state index is 0.201. The van der Waals surface area contributed by atoms with Gasteiger partial charge in [-0.05, 0) is 94.4 Å². The van der Waals surface area contributed by atoms with Crippen molar-refractivity contribution >= 4 is 38.3 Å². The second-order valence-corrected chi connectivity index (χ2v) is 10.2. The first-order valence-electron chi connectivity index (χ1n) is 9.18. The average Bonchev–Trinajstić information content (AvgIpc) is 2.78. The predicted octanol–water partition coefficient (Wildman–Crippen LogP) is 4.53. The van der Waals surface area contributed by atoms with E-state index in [1.54, 1.807) is 6.07 Å². The van der Waals surface area contributed by atoms with Crippen LogP contribution in [0.1, 0.15) is 33.9 Å². The fourth-order valence-electron chi connectivity index (χ4n) is 3.96. The Morgan fingerprint density at radius 1 is 1.07 bits per heavy atom. The summed E-state index contributed by atoms with van der Waals surface area (Å²) in [6.07, 6.45) is 5.76. The molecule has 1 aliphatic carbocycles. The minimum atomic E-state index is -3.30. The molecule has 0 saturated carbocycles. The van der Waals surface area contributed by atoms with Gasteiger partial charge in [0, 0.05) is 27.1 Å². The van der Waals surface area contributed by atoms with Gasteiger partial charge in [-0.1, -0.05) is 24.3 Å². The van der Waals surface area contributed by atoms with Crippen LogP contribution in [0.15, 0.2) is 60.8 Å². The van der Waals surface area contributed by atoms with E-state index in [-0.39, 0.29) is 5.92 Å². The molecule has 1 aliphatic rings. The largest absolute Gasteiger partial charge is 0.284 e. The maximum absolute atomic E-state index is 11.6. The second-order valence-electron chi connectivity index (χ2n) is 7.21. The van der Waals surface area contributed by atoms with Gasteiger partial charge in [0.15, 0.2) is 0 Å². The molecule has 4 nitrogen and oxygen atoms in total. The molecule has 0 spiro atoms. The van der Waals surface area contributed by atoms with E-state index < -0.39 is 10.0 Å². The third kappa shape index (κ3) is 4.38. The lowest BCUT2D eigenvalue weighted by Gasteiger charge is -2.21. The summed E-state index contributed by atoms with van der Waals surface area (Å²) in [5, 5.41) is 0. The molecule has 144 valence electrons. The van der Waals surface area contributed by atoms with Gasteiger partial charge in [-0.15, -0.1) is 0 Å². The monoisotopic (exact) mass is 504 g/mol. The first-order valence-corrected chi connectivity index (χ1v) is 12.1. The van der Waals surface area contributed by atoms with Crippen molar-refractivity contribution in [2.75, 3.05) is 11.0 Å². The molecule has 6 heteroatoms. The maximum Gasteiger partial charge on any atom is 0.229 e. The average molecular weight is 504 g/mol. The first-order chi connectivity index (χ1) is 13.4. The van der Waals surface area contributed by atoms with Crippen LogP contribution >= 0.6 is 22.6 Å². The Kier molecular flexibility index (Phi) is 5.42. The van der Waals surface area contributed by atoms with Crippen molar-refractivity contribution in [2.45, 2.75) is 25.2 Å². The normalized spacial score (nSPS) is 16.0. The molecule has 0 amide bonds. The van der Waals surface area contributed by atoms with Crippen LogP contribution in [0.5, 0.6) is 0 Å². The van der Waals surface area contributed by atoms with Gasteiger partial charge in [0.1, 0.15) is 0 Å². The molecular formula is C22H21IN2O2S. The lowest BCUT2D eigenvalue weighted by Crippen LogP contribution is -2.11. The van der Waals surface area contributed by atoms with Gasteiger partial charge < -0.3 is 0 Å². The van der Waals surface area contributed by atoms with Gasteiger partial charge in [0.25, 0.3) is 0 Å². The topological polar surface area (TPSA) is 59.1 Å². The van der Waals surface area contributed by atoms with Gasteiger partial charge in [0.2, 0.25) is 10.0 Å². The molecule has 0 radical (unpaired) electrons. The highest BCUT2D eigenvalue weighted by atomic mass is 127. The molecule has 0 aliphatic heterocycles. The zero-order chi connectivity index (χ0) is 19.7. The number of sulfonamides is 1. The number of nitrogens with zero attached hydrogens (tertiary/aromatic N) is 1. The summed E-state index contributed by atoms with van der Waals surface area (Å²) in [5.41, 5.74) is 6.84. The molecule has 1 atom stereocenters. The number of halogens is 1. The van der Waals surface area contributed by atoms with Crippen LogP contribution in [0.2, 0.25) is 0 Å². The van der Waals surface area contributed by atoms with E-state index in [9.17, 15) is 8.42 Å². The third-order valence-corrected chi connectivity index (χ3v) is 6.36. The molecule has 2 aromatic carbocycles. The number of nitrogens with one attached hydrogen (secondary N) is 1. The summed E-state index contributed by atoms with van der Waals surface area (Å²) >= 11 is 2.37. The number of aryl methyl sites for hydroxylation is 2. The SMILES string of the molecule is CS(=O)(=O)Nc1cccc(CC2c3ccc(I)cc3CCc3ncccc32)c1. The van der Waals surface area contributed by atoms with Crippen LogP contribution in [0.4, 0.5) is 5.69 Å². The molecule has 0 fully saturated rings. The molecule has 1 N–H and O–H groups in total. The Hall–Kier alpha value is -1.93. The van der Waals surface area contributed by atoms with Crippen LogP contribution in [-0.2, 0) is 29.3 Å². The van der Waals surface area contributed by atoms with Crippen LogP contribution in [0.3, 0.4) is 0 Å². The van der Waals surface area contributed by atoms with E-state index in [0.29, 0.717) is 5.69 Å². The van der Waals surface area contributed by atoms with E-state index in [0.717, 1.165) is 30.5 Å². The molecule has 28 heavy (non-hydrogen) atoms. The Balaban J connectivity index is 1.76. The van der Waals surface area contributed by atoms with E-state index >= 15 is 0 Å². The lowest BCUT2D eigenvalue weighted by molar-refractivity contribution is 0.607. The van der Waals surface area contributed by atoms with Gasteiger partial charge in [-0.25, -0.2) is 8.42 Å². The Bertz CT molecular complexity index is 1130.